The summed E-state index contributed by atoms with van der Waals surface area (Å²) in [5.41, 5.74) is 10.4. The van der Waals surface area contributed by atoms with Crippen LogP contribution in [-0.4, -0.2) is 28.0 Å². The summed E-state index contributed by atoms with van der Waals surface area (Å²) in [5, 5.41) is 4.14. The average Bonchev–Trinajstić information content (AvgIpc) is 3.42. The number of ether oxygens (including phenoxy) is 2. The number of hydrogen-bond donors (Lipinski definition) is 2. The molecule has 3 aliphatic heterocycles. The van der Waals surface area contributed by atoms with Gasteiger partial charge in [0.2, 0.25) is 0 Å². The summed E-state index contributed by atoms with van der Waals surface area (Å²) in [7, 11) is 0. The summed E-state index contributed by atoms with van der Waals surface area (Å²) >= 11 is 0. The minimum Gasteiger partial charge on any atom is -0.475 e. The van der Waals surface area contributed by atoms with E-state index in [2.05, 4.69) is 40.3 Å². The Morgan fingerprint density at radius 1 is 1.18 bits per heavy atom. The fourth-order valence-electron chi connectivity index (χ4n) is 5.65. The fraction of sp³-hybridized carbons (Fsp3) is 0.423. The van der Waals surface area contributed by atoms with Gasteiger partial charge in [-0.1, -0.05) is 13.0 Å². The first-order valence-corrected chi connectivity index (χ1v) is 12.1. The normalized spacial score (nSPS) is 24.5. The summed E-state index contributed by atoms with van der Waals surface area (Å²) in [4.78, 5) is 24.3. The van der Waals surface area contributed by atoms with E-state index >= 15 is 0 Å². The average molecular weight is 458 g/mol. The van der Waals surface area contributed by atoms with E-state index in [1.807, 2.05) is 12.3 Å². The van der Waals surface area contributed by atoms with Gasteiger partial charge >= 0.3 is 0 Å². The Morgan fingerprint density at radius 3 is 2.88 bits per heavy atom. The van der Waals surface area contributed by atoms with Gasteiger partial charge in [-0.2, -0.15) is 0 Å². The van der Waals surface area contributed by atoms with Crippen LogP contribution in [0.15, 0.2) is 30.5 Å². The third-order valence-corrected chi connectivity index (χ3v) is 7.77. The number of hydrogen-bond acceptors (Lipinski definition) is 7. The molecule has 5 heterocycles. The van der Waals surface area contributed by atoms with Gasteiger partial charge in [-0.15, -0.1) is 0 Å². The minimum atomic E-state index is -0.628. The van der Waals surface area contributed by atoms with Crippen molar-refractivity contribution < 1.29 is 14.3 Å². The van der Waals surface area contributed by atoms with Crippen LogP contribution in [0.3, 0.4) is 0 Å². The molecule has 2 atom stereocenters. The highest BCUT2D eigenvalue weighted by Crippen LogP contribution is 2.48. The summed E-state index contributed by atoms with van der Waals surface area (Å²) < 4.78 is 11.7. The molecular formula is C26H27N5O3. The molecular weight excluding hydrogens is 430 g/mol. The molecule has 8 heteroatoms. The second kappa shape index (κ2) is 7.06. The van der Waals surface area contributed by atoms with Crippen molar-refractivity contribution >= 4 is 34.1 Å². The molecule has 2 fully saturated rings. The Kier molecular flexibility index (Phi) is 4.16. The Hall–Kier alpha value is -3.39. The number of benzene rings is 1. The zero-order valence-electron chi connectivity index (χ0n) is 19.1. The van der Waals surface area contributed by atoms with Crippen LogP contribution in [0, 0.1) is 5.92 Å². The Balaban J connectivity index is 1.28. The summed E-state index contributed by atoms with van der Waals surface area (Å²) in [6.07, 6.45) is 5.55. The topological polar surface area (TPSA) is 103 Å². The van der Waals surface area contributed by atoms with Crippen LogP contribution >= 0.6 is 0 Å². The van der Waals surface area contributed by atoms with Crippen LogP contribution in [0.25, 0.3) is 10.9 Å². The third-order valence-electron chi connectivity index (χ3n) is 7.77. The molecule has 2 aromatic heterocycles. The number of nitrogens with two attached hydrogens (primary N) is 1. The summed E-state index contributed by atoms with van der Waals surface area (Å²) in [6.45, 7) is 4.25. The number of pyridine rings is 2. The molecule has 0 bridgehead atoms. The van der Waals surface area contributed by atoms with E-state index in [9.17, 15) is 4.79 Å². The molecule has 1 spiro atoms. The fourth-order valence-corrected chi connectivity index (χ4v) is 5.65. The third kappa shape index (κ3) is 2.98. The Morgan fingerprint density at radius 2 is 2.03 bits per heavy atom. The van der Waals surface area contributed by atoms with E-state index in [0.717, 1.165) is 77.1 Å². The molecule has 1 aliphatic carbocycles. The molecule has 1 amide bonds. The van der Waals surface area contributed by atoms with Gasteiger partial charge in [-0.25, -0.2) is 9.97 Å². The zero-order chi connectivity index (χ0) is 23.0. The smallest absolute Gasteiger partial charge is 0.268 e. The lowest BCUT2D eigenvalue weighted by molar-refractivity contribution is -0.125. The number of nitrogens with one attached hydrogen (secondary N) is 1. The van der Waals surface area contributed by atoms with Crippen molar-refractivity contribution in [3.63, 3.8) is 0 Å². The lowest BCUT2D eigenvalue weighted by atomic mass is 9.89. The van der Waals surface area contributed by atoms with E-state index in [4.69, 9.17) is 20.2 Å². The number of rotatable bonds is 2. The van der Waals surface area contributed by atoms with Crippen molar-refractivity contribution in [2.45, 2.75) is 57.5 Å². The Bertz CT molecular complexity index is 1350. The number of amides is 1. The van der Waals surface area contributed by atoms with Gasteiger partial charge < -0.3 is 25.4 Å². The SMILES string of the molecule is C[C@H]1CCC(c2ccc3c(c2)NC(=O)C2(CC2)O3)N(c2cc3c4c(c(N)nc3cn2)COC4)C1. The van der Waals surface area contributed by atoms with Crippen molar-refractivity contribution in [2.24, 2.45) is 5.92 Å². The molecule has 3 aromatic rings. The second-order valence-electron chi connectivity index (χ2n) is 10.2. The van der Waals surface area contributed by atoms with Crippen LogP contribution < -0.4 is 20.7 Å². The van der Waals surface area contributed by atoms with Gasteiger partial charge in [-0.05, 0) is 48.1 Å². The van der Waals surface area contributed by atoms with Crippen molar-refractivity contribution in [3.8, 4) is 5.75 Å². The first-order valence-electron chi connectivity index (χ1n) is 12.1. The number of carbonyl (C=O) groups excluding carboxylic acids is 1. The minimum absolute atomic E-state index is 0.0229. The molecule has 0 radical (unpaired) electrons. The van der Waals surface area contributed by atoms with E-state index in [-0.39, 0.29) is 11.9 Å². The van der Waals surface area contributed by atoms with Gasteiger partial charge in [0, 0.05) is 30.3 Å². The van der Waals surface area contributed by atoms with Crippen LogP contribution in [0.2, 0.25) is 0 Å². The number of carbonyl (C=O) groups is 1. The highest BCUT2D eigenvalue weighted by Gasteiger charge is 2.55. The highest BCUT2D eigenvalue weighted by molar-refractivity contribution is 6.02. The number of anilines is 3. The van der Waals surface area contributed by atoms with Crippen LogP contribution in [-0.2, 0) is 22.7 Å². The predicted octanol–water partition coefficient (Wildman–Crippen LogP) is 4.08. The quantitative estimate of drug-likeness (QED) is 0.598. The maximum absolute atomic E-state index is 12.5. The molecule has 1 unspecified atom stereocenters. The van der Waals surface area contributed by atoms with Gasteiger partial charge in [-0.3, -0.25) is 4.79 Å². The molecule has 34 heavy (non-hydrogen) atoms. The number of fused-ring (bicyclic) bond motifs is 4. The van der Waals surface area contributed by atoms with E-state index in [1.54, 1.807) is 0 Å². The lowest BCUT2D eigenvalue weighted by Crippen LogP contribution is -2.40. The monoisotopic (exact) mass is 457 g/mol. The van der Waals surface area contributed by atoms with Crippen molar-refractivity contribution in [1.82, 2.24) is 9.97 Å². The van der Waals surface area contributed by atoms with Gasteiger partial charge in [0.1, 0.15) is 17.4 Å². The Labute approximate surface area is 197 Å². The number of piperidine rings is 1. The van der Waals surface area contributed by atoms with Crippen molar-refractivity contribution in [1.29, 1.82) is 0 Å². The number of nitrogen functional groups attached to an aromatic ring is 1. The van der Waals surface area contributed by atoms with E-state index < -0.39 is 5.60 Å². The van der Waals surface area contributed by atoms with Gasteiger partial charge in [0.05, 0.1) is 36.7 Å². The number of aromatic nitrogens is 2. The van der Waals surface area contributed by atoms with Gasteiger partial charge in [0.25, 0.3) is 5.91 Å². The summed E-state index contributed by atoms with van der Waals surface area (Å²) in [5.74, 6) is 2.76. The molecule has 7 rings (SSSR count). The molecule has 4 aliphatic rings. The first kappa shape index (κ1) is 20.0. The molecule has 174 valence electrons. The predicted molar refractivity (Wildman–Crippen MR) is 129 cm³/mol. The van der Waals surface area contributed by atoms with Crippen molar-refractivity contribution in [3.05, 3.63) is 47.2 Å². The molecule has 1 aromatic carbocycles. The maximum atomic E-state index is 12.5. The first-order chi connectivity index (χ1) is 16.5. The maximum Gasteiger partial charge on any atom is 0.268 e. The highest BCUT2D eigenvalue weighted by atomic mass is 16.5. The number of nitrogens with zero attached hydrogens (tertiary/aromatic N) is 3. The van der Waals surface area contributed by atoms with E-state index in [1.165, 1.54) is 0 Å². The summed E-state index contributed by atoms with van der Waals surface area (Å²) in [6, 6.07) is 8.51. The standard InChI is InChI=1S/C26H27N5O3/c1-14-2-4-21(15-3-5-22-19(8-15)30-25(32)26(34-22)6-7-26)31(11-14)23-9-16-17-12-33-13-18(17)24(27)29-20(16)10-28-23/h3,5,8-10,14,21H,2,4,6-7,11-13H2,1H3,(H2,27,29)(H,30,32)/t14-,21?/m0/s1. The van der Waals surface area contributed by atoms with Gasteiger partial charge in [0.15, 0.2) is 5.60 Å². The largest absolute Gasteiger partial charge is 0.475 e. The van der Waals surface area contributed by atoms with Crippen LogP contribution in [0.1, 0.15) is 55.3 Å². The lowest BCUT2D eigenvalue weighted by Gasteiger charge is -2.40. The molecule has 3 N–H and O–H groups in total. The van der Waals surface area contributed by atoms with Crippen LogP contribution in [0.4, 0.5) is 17.3 Å². The zero-order valence-corrected chi connectivity index (χ0v) is 19.1. The van der Waals surface area contributed by atoms with E-state index in [0.29, 0.717) is 24.9 Å². The molecule has 1 saturated carbocycles. The molecule has 8 nitrogen and oxygen atoms in total. The second-order valence-corrected chi connectivity index (χ2v) is 10.2. The molecule has 1 saturated heterocycles. The van der Waals surface area contributed by atoms with Crippen LogP contribution in [0.5, 0.6) is 5.75 Å². The van der Waals surface area contributed by atoms with Crippen molar-refractivity contribution in [2.75, 3.05) is 22.5 Å².